The molecule has 0 unspecified atom stereocenters. The molecule has 1 saturated carbocycles. The number of benzene rings is 2. The van der Waals surface area contributed by atoms with Crippen molar-refractivity contribution < 1.29 is 4.79 Å². The molecule has 2 fully saturated rings. The zero-order chi connectivity index (χ0) is 19.6. The lowest BCUT2D eigenvalue weighted by Gasteiger charge is -2.34. The molecule has 0 aromatic heterocycles. The topological polar surface area (TPSA) is 20.3 Å². The number of aryl methyl sites for hydroxylation is 1. The van der Waals surface area contributed by atoms with Crippen LogP contribution in [0.2, 0.25) is 0 Å². The van der Waals surface area contributed by atoms with Crippen LogP contribution in [0.3, 0.4) is 0 Å². The molecule has 1 aliphatic carbocycles. The van der Waals surface area contributed by atoms with Crippen molar-refractivity contribution in [2.24, 2.45) is 11.3 Å². The molecule has 1 saturated heterocycles. The van der Waals surface area contributed by atoms with Gasteiger partial charge in [0.15, 0.2) is 0 Å². The number of amides is 1. The molecule has 0 bridgehead atoms. The molecule has 1 aliphatic heterocycles. The second kappa shape index (κ2) is 8.11. The van der Waals surface area contributed by atoms with Crippen LogP contribution in [-0.2, 0) is 11.2 Å². The third kappa shape index (κ3) is 4.48. The fourth-order valence-corrected chi connectivity index (χ4v) is 4.76. The van der Waals surface area contributed by atoms with Crippen LogP contribution >= 0.6 is 0 Å². The third-order valence-corrected chi connectivity index (χ3v) is 6.82. The van der Waals surface area contributed by atoms with E-state index in [2.05, 4.69) is 56.3 Å². The highest BCUT2D eigenvalue weighted by Crippen LogP contribution is 2.39. The SMILES string of the molecule is CC1(C)CCC(CCc2ccc(-c3cccc(N4CCCC4=O)c3)cc2)CC1. The predicted octanol–water partition coefficient (Wildman–Crippen LogP) is 6.63. The minimum Gasteiger partial charge on any atom is -0.312 e. The molecule has 2 nitrogen and oxygen atoms in total. The Labute approximate surface area is 170 Å². The summed E-state index contributed by atoms with van der Waals surface area (Å²) in [7, 11) is 0. The van der Waals surface area contributed by atoms with Gasteiger partial charge in [0, 0.05) is 18.7 Å². The number of carbonyl (C=O) groups is 1. The van der Waals surface area contributed by atoms with Gasteiger partial charge in [-0.15, -0.1) is 0 Å². The molecule has 0 radical (unpaired) electrons. The molecular weight excluding hydrogens is 342 g/mol. The van der Waals surface area contributed by atoms with Crippen LogP contribution in [0.25, 0.3) is 11.1 Å². The summed E-state index contributed by atoms with van der Waals surface area (Å²) in [5.41, 5.74) is 5.46. The summed E-state index contributed by atoms with van der Waals surface area (Å²) < 4.78 is 0. The quantitative estimate of drug-likeness (QED) is 0.574. The van der Waals surface area contributed by atoms with Crippen LogP contribution < -0.4 is 4.90 Å². The molecule has 148 valence electrons. The highest BCUT2D eigenvalue weighted by Gasteiger charge is 2.26. The normalized spacial score (nSPS) is 19.9. The fraction of sp³-hybridized carbons (Fsp3) is 0.500. The van der Waals surface area contributed by atoms with E-state index in [1.165, 1.54) is 55.2 Å². The first-order valence-electron chi connectivity index (χ1n) is 11.0. The molecule has 1 amide bonds. The maximum atomic E-state index is 12.0. The number of hydrogen-bond acceptors (Lipinski definition) is 1. The van der Waals surface area contributed by atoms with E-state index in [4.69, 9.17) is 0 Å². The molecule has 2 heteroatoms. The fourth-order valence-electron chi connectivity index (χ4n) is 4.76. The van der Waals surface area contributed by atoms with Crippen molar-refractivity contribution in [3.8, 4) is 11.1 Å². The number of hydrogen-bond donors (Lipinski definition) is 0. The van der Waals surface area contributed by atoms with Gasteiger partial charge in [-0.3, -0.25) is 4.79 Å². The van der Waals surface area contributed by atoms with Gasteiger partial charge in [0.05, 0.1) is 0 Å². The first-order chi connectivity index (χ1) is 13.5. The van der Waals surface area contributed by atoms with Crippen molar-refractivity contribution in [2.45, 2.75) is 65.2 Å². The Bertz CT molecular complexity index is 811. The molecule has 1 heterocycles. The number of anilines is 1. The Hall–Kier alpha value is -2.09. The molecule has 2 aromatic rings. The van der Waals surface area contributed by atoms with Crippen molar-refractivity contribution in [1.82, 2.24) is 0 Å². The number of nitrogens with zero attached hydrogens (tertiary/aromatic N) is 1. The first kappa shape index (κ1) is 19.2. The third-order valence-electron chi connectivity index (χ3n) is 6.82. The number of carbonyl (C=O) groups excluding carboxylic acids is 1. The van der Waals surface area contributed by atoms with Gasteiger partial charge < -0.3 is 4.90 Å². The highest BCUT2D eigenvalue weighted by molar-refractivity contribution is 5.95. The second-order valence-electron chi connectivity index (χ2n) is 9.54. The van der Waals surface area contributed by atoms with Gasteiger partial charge in [-0.25, -0.2) is 0 Å². The Kier molecular flexibility index (Phi) is 5.57. The molecule has 0 atom stereocenters. The zero-order valence-corrected chi connectivity index (χ0v) is 17.4. The Morgan fingerprint density at radius 1 is 1.00 bits per heavy atom. The van der Waals surface area contributed by atoms with Crippen molar-refractivity contribution in [2.75, 3.05) is 11.4 Å². The summed E-state index contributed by atoms with van der Waals surface area (Å²) in [5, 5.41) is 0. The van der Waals surface area contributed by atoms with Gasteiger partial charge in [0.25, 0.3) is 0 Å². The monoisotopic (exact) mass is 375 g/mol. The molecule has 28 heavy (non-hydrogen) atoms. The van der Waals surface area contributed by atoms with E-state index in [0.717, 1.165) is 24.6 Å². The number of rotatable bonds is 5. The van der Waals surface area contributed by atoms with Crippen molar-refractivity contribution in [3.05, 3.63) is 54.1 Å². The lowest BCUT2D eigenvalue weighted by Crippen LogP contribution is -2.23. The van der Waals surface area contributed by atoms with Crippen LogP contribution in [0.4, 0.5) is 5.69 Å². The molecule has 2 aromatic carbocycles. The maximum absolute atomic E-state index is 12.0. The van der Waals surface area contributed by atoms with E-state index in [-0.39, 0.29) is 5.91 Å². The van der Waals surface area contributed by atoms with E-state index in [0.29, 0.717) is 11.8 Å². The largest absolute Gasteiger partial charge is 0.312 e. The Balaban J connectivity index is 1.38. The van der Waals surface area contributed by atoms with Gasteiger partial charge >= 0.3 is 0 Å². The van der Waals surface area contributed by atoms with Crippen LogP contribution in [0, 0.1) is 11.3 Å². The lowest BCUT2D eigenvalue weighted by atomic mass is 9.72. The van der Waals surface area contributed by atoms with E-state index >= 15 is 0 Å². The summed E-state index contributed by atoms with van der Waals surface area (Å²) in [5.74, 6) is 1.15. The molecular formula is C26H33NO. The minimum absolute atomic E-state index is 0.249. The van der Waals surface area contributed by atoms with Crippen molar-refractivity contribution in [1.29, 1.82) is 0 Å². The van der Waals surface area contributed by atoms with Crippen molar-refractivity contribution >= 4 is 11.6 Å². The Morgan fingerprint density at radius 3 is 2.43 bits per heavy atom. The first-order valence-corrected chi connectivity index (χ1v) is 11.0. The molecule has 2 aliphatic rings. The molecule has 0 N–H and O–H groups in total. The highest BCUT2D eigenvalue weighted by atomic mass is 16.2. The second-order valence-corrected chi connectivity index (χ2v) is 9.54. The summed E-state index contributed by atoms with van der Waals surface area (Å²) in [6, 6.07) is 17.5. The van der Waals surface area contributed by atoms with Crippen LogP contribution in [-0.4, -0.2) is 12.5 Å². The van der Waals surface area contributed by atoms with Gasteiger partial charge in [-0.1, -0.05) is 50.2 Å². The maximum Gasteiger partial charge on any atom is 0.227 e. The Morgan fingerprint density at radius 2 is 1.75 bits per heavy atom. The summed E-state index contributed by atoms with van der Waals surface area (Å²) in [6.07, 6.45) is 9.71. The smallest absolute Gasteiger partial charge is 0.227 e. The minimum atomic E-state index is 0.249. The van der Waals surface area contributed by atoms with E-state index in [1.807, 2.05) is 11.0 Å². The summed E-state index contributed by atoms with van der Waals surface area (Å²) in [6.45, 7) is 5.67. The average molecular weight is 376 g/mol. The molecule has 0 spiro atoms. The lowest BCUT2D eigenvalue weighted by molar-refractivity contribution is -0.117. The van der Waals surface area contributed by atoms with E-state index in [1.54, 1.807) is 0 Å². The van der Waals surface area contributed by atoms with Crippen LogP contribution in [0.5, 0.6) is 0 Å². The van der Waals surface area contributed by atoms with Gasteiger partial charge in [0.1, 0.15) is 0 Å². The van der Waals surface area contributed by atoms with Crippen LogP contribution in [0.15, 0.2) is 48.5 Å². The van der Waals surface area contributed by atoms with Gasteiger partial charge in [-0.2, -0.15) is 0 Å². The summed E-state index contributed by atoms with van der Waals surface area (Å²) >= 11 is 0. The van der Waals surface area contributed by atoms with E-state index < -0.39 is 0 Å². The van der Waals surface area contributed by atoms with Gasteiger partial charge in [-0.05, 0) is 85.1 Å². The zero-order valence-electron chi connectivity index (χ0n) is 17.4. The van der Waals surface area contributed by atoms with E-state index in [9.17, 15) is 4.79 Å². The van der Waals surface area contributed by atoms with Crippen molar-refractivity contribution in [3.63, 3.8) is 0 Å². The van der Waals surface area contributed by atoms with Crippen LogP contribution in [0.1, 0.15) is 64.4 Å². The van der Waals surface area contributed by atoms with Gasteiger partial charge in [0.2, 0.25) is 5.91 Å². The standard InChI is InChI=1S/C26H33NO/c1-26(2)16-14-21(15-17-26)9-8-20-10-12-22(13-11-20)23-5-3-6-24(19-23)27-18-4-7-25(27)28/h3,5-6,10-13,19,21H,4,7-9,14-18H2,1-2H3. The average Bonchev–Trinajstić information content (AvgIpc) is 3.14. The summed E-state index contributed by atoms with van der Waals surface area (Å²) in [4.78, 5) is 14.0. The predicted molar refractivity (Wildman–Crippen MR) is 118 cm³/mol. The molecule has 4 rings (SSSR count).